The van der Waals surface area contributed by atoms with E-state index in [1.165, 1.54) is 24.4 Å². The minimum Gasteiger partial charge on any atom is -0.343 e. The molecule has 4 rings (SSSR count). The van der Waals surface area contributed by atoms with Crippen molar-refractivity contribution in [3.8, 4) is 11.5 Å². The predicted octanol–water partition coefficient (Wildman–Crippen LogP) is 4.54. The van der Waals surface area contributed by atoms with Gasteiger partial charge in [0.2, 0.25) is 0 Å². The number of fused-ring (bicyclic) bond motifs is 1. The number of alkyl halides is 2. The van der Waals surface area contributed by atoms with E-state index >= 15 is 0 Å². The zero-order valence-electron chi connectivity index (χ0n) is 14.0. The lowest BCUT2D eigenvalue weighted by Crippen LogP contribution is -2.02. The summed E-state index contributed by atoms with van der Waals surface area (Å²) in [5.74, 6) is -0.0755. The van der Waals surface area contributed by atoms with Gasteiger partial charge in [0.05, 0.1) is 17.3 Å². The molecule has 9 heteroatoms. The summed E-state index contributed by atoms with van der Waals surface area (Å²) in [5.41, 5.74) is 1.32. The van der Waals surface area contributed by atoms with Crippen LogP contribution in [0.3, 0.4) is 0 Å². The fraction of sp³-hybridized carbons (Fsp3) is 0.111. The number of aromatic nitrogens is 5. The van der Waals surface area contributed by atoms with Gasteiger partial charge in [-0.05, 0) is 31.2 Å². The topological polar surface area (TPSA) is 79.4 Å². The van der Waals surface area contributed by atoms with E-state index in [4.69, 9.17) is 0 Å². The third-order valence-electron chi connectivity index (χ3n) is 3.87. The molecule has 0 atom stereocenters. The maximum Gasteiger partial charge on any atom is 0.280 e. The van der Waals surface area contributed by atoms with Crippen molar-refractivity contribution in [1.29, 1.82) is 0 Å². The Morgan fingerprint density at radius 3 is 2.74 bits per heavy atom. The van der Waals surface area contributed by atoms with Crippen LogP contribution in [0.2, 0.25) is 0 Å². The maximum atomic E-state index is 14.0. The summed E-state index contributed by atoms with van der Waals surface area (Å²) in [4.78, 5) is 19.5. The van der Waals surface area contributed by atoms with E-state index in [1.54, 1.807) is 6.07 Å². The molecule has 2 N–H and O–H groups in total. The summed E-state index contributed by atoms with van der Waals surface area (Å²) < 4.78 is 39.9. The molecule has 0 radical (unpaired) electrons. The Hall–Kier alpha value is -3.49. The molecule has 4 aromatic heterocycles. The molecule has 0 bridgehead atoms. The first-order chi connectivity index (χ1) is 13.0. The monoisotopic (exact) mass is 370 g/mol. The largest absolute Gasteiger partial charge is 0.343 e. The summed E-state index contributed by atoms with van der Waals surface area (Å²) >= 11 is 0. The van der Waals surface area contributed by atoms with Crippen LogP contribution in [0.1, 0.15) is 17.8 Å². The van der Waals surface area contributed by atoms with E-state index in [0.717, 1.165) is 11.9 Å². The Kier molecular flexibility index (Phi) is 4.19. The Morgan fingerprint density at radius 2 is 1.96 bits per heavy atom. The number of pyridine rings is 2. The maximum absolute atomic E-state index is 14.0. The lowest BCUT2D eigenvalue weighted by molar-refractivity contribution is 0.146. The highest BCUT2D eigenvalue weighted by atomic mass is 19.3. The van der Waals surface area contributed by atoms with E-state index in [-0.39, 0.29) is 22.9 Å². The zero-order chi connectivity index (χ0) is 19.0. The Bertz CT molecular complexity index is 1130. The molecule has 0 aliphatic heterocycles. The molecule has 4 heterocycles. The van der Waals surface area contributed by atoms with Crippen molar-refractivity contribution in [3.05, 3.63) is 59.9 Å². The Labute approximate surface area is 151 Å². The van der Waals surface area contributed by atoms with E-state index in [0.29, 0.717) is 16.9 Å². The highest BCUT2D eigenvalue weighted by molar-refractivity contribution is 5.91. The predicted molar refractivity (Wildman–Crippen MR) is 94.3 cm³/mol. The van der Waals surface area contributed by atoms with Gasteiger partial charge in [0.1, 0.15) is 22.9 Å². The van der Waals surface area contributed by atoms with Crippen LogP contribution in [0.25, 0.3) is 22.6 Å². The molecule has 0 aliphatic carbocycles. The standard InChI is InChI=1S/C18H13F3N6/c1-9-7-10-16(23-9)26-18(14-4-2-3-13(24-14)15(20)21)27-17(10)25-12-5-6-22-8-11(12)19/h2-8,15H,1H3,(H2,22,23,25,26,27). The number of nitrogens with zero attached hydrogens (tertiary/aromatic N) is 4. The average molecular weight is 370 g/mol. The fourth-order valence-corrected chi connectivity index (χ4v) is 2.65. The number of aryl methyl sites for hydroxylation is 1. The van der Waals surface area contributed by atoms with Crippen LogP contribution in [-0.2, 0) is 0 Å². The molecule has 0 aliphatic rings. The van der Waals surface area contributed by atoms with E-state index in [1.807, 2.05) is 13.0 Å². The van der Waals surface area contributed by atoms with Gasteiger partial charge in [-0.2, -0.15) is 0 Å². The van der Waals surface area contributed by atoms with Crippen LogP contribution < -0.4 is 5.32 Å². The van der Waals surface area contributed by atoms with Gasteiger partial charge in [0, 0.05) is 11.9 Å². The molecule has 0 unspecified atom stereocenters. The summed E-state index contributed by atoms with van der Waals surface area (Å²) in [7, 11) is 0. The number of H-pyrrole nitrogens is 1. The molecule has 6 nitrogen and oxygen atoms in total. The number of halogens is 3. The number of aromatic amines is 1. The summed E-state index contributed by atoms with van der Waals surface area (Å²) in [5, 5.41) is 3.55. The fourth-order valence-electron chi connectivity index (χ4n) is 2.65. The van der Waals surface area contributed by atoms with Gasteiger partial charge < -0.3 is 10.3 Å². The average Bonchev–Trinajstić information content (AvgIpc) is 3.04. The minimum atomic E-state index is -2.70. The molecular formula is C18H13F3N6. The van der Waals surface area contributed by atoms with Crippen LogP contribution in [-0.4, -0.2) is 24.9 Å². The second kappa shape index (κ2) is 6.67. The van der Waals surface area contributed by atoms with Crippen molar-refractivity contribution in [2.24, 2.45) is 0 Å². The van der Waals surface area contributed by atoms with Crippen molar-refractivity contribution in [1.82, 2.24) is 24.9 Å². The minimum absolute atomic E-state index is 0.142. The van der Waals surface area contributed by atoms with Crippen LogP contribution in [0.5, 0.6) is 0 Å². The SMILES string of the molecule is Cc1cc2c(Nc3ccncc3F)nc(-c3cccc(C(F)F)n3)nc2[nH]1. The Balaban J connectivity index is 1.86. The van der Waals surface area contributed by atoms with Gasteiger partial charge in [-0.1, -0.05) is 6.07 Å². The molecule has 0 saturated heterocycles. The smallest absolute Gasteiger partial charge is 0.280 e. The molecule has 136 valence electrons. The third kappa shape index (κ3) is 3.31. The van der Waals surface area contributed by atoms with Crippen LogP contribution in [0, 0.1) is 12.7 Å². The van der Waals surface area contributed by atoms with E-state index in [2.05, 4.69) is 30.2 Å². The molecule has 0 saturated carbocycles. The summed E-state index contributed by atoms with van der Waals surface area (Å²) in [6.45, 7) is 1.84. The number of hydrogen-bond donors (Lipinski definition) is 2. The second-order valence-electron chi connectivity index (χ2n) is 5.84. The van der Waals surface area contributed by atoms with E-state index in [9.17, 15) is 13.2 Å². The van der Waals surface area contributed by atoms with Crippen molar-refractivity contribution in [2.45, 2.75) is 13.3 Å². The molecule has 0 spiro atoms. The first kappa shape index (κ1) is 17.0. The molecule has 27 heavy (non-hydrogen) atoms. The van der Waals surface area contributed by atoms with Crippen molar-refractivity contribution >= 4 is 22.5 Å². The zero-order valence-corrected chi connectivity index (χ0v) is 14.0. The highest BCUT2D eigenvalue weighted by Crippen LogP contribution is 2.28. The third-order valence-corrected chi connectivity index (χ3v) is 3.87. The summed E-state index contributed by atoms with van der Waals surface area (Å²) in [6.07, 6.45) is -0.178. The number of hydrogen-bond acceptors (Lipinski definition) is 5. The van der Waals surface area contributed by atoms with Crippen LogP contribution in [0.4, 0.5) is 24.7 Å². The van der Waals surface area contributed by atoms with Crippen molar-refractivity contribution in [3.63, 3.8) is 0 Å². The lowest BCUT2D eigenvalue weighted by Gasteiger charge is -2.10. The van der Waals surface area contributed by atoms with Crippen molar-refractivity contribution in [2.75, 3.05) is 5.32 Å². The number of anilines is 2. The van der Waals surface area contributed by atoms with Gasteiger partial charge >= 0.3 is 0 Å². The summed E-state index contributed by atoms with van der Waals surface area (Å²) in [6, 6.07) is 7.52. The van der Waals surface area contributed by atoms with Gasteiger partial charge in [0.15, 0.2) is 11.6 Å². The first-order valence-electron chi connectivity index (χ1n) is 8.00. The first-order valence-corrected chi connectivity index (χ1v) is 8.00. The number of nitrogens with one attached hydrogen (secondary N) is 2. The van der Waals surface area contributed by atoms with Gasteiger partial charge in [0.25, 0.3) is 6.43 Å². The Morgan fingerprint density at radius 1 is 1.11 bits per heavy atom. The van der Waals surface area contributed by atoms with Gasteiger partial charge in [-0.15, -0.1) is 0 Å². The molecule has 0 amide bonds. The lowest BCUT2D eigenvalue weighted by atomic mass is 10.2. The quantitative estimate of drug-likeness (QED) is 0.551. The van der Waals surface area contributed by atoms with Crippen LogP contribution >= 0.6 is 0 Å². The van der Waals surface area contributed by atoms with Crippen LogP contribution in [0.15, 0.2) is 42.7 Å². The highest BCUT2D eigenvalue weighted by Gasteiger charge is 2.16. The molecule has 0 fully saturated rings. The second-order valence-corrected chi connectivity index (χ2v) is 5.84. The van der Waals surface area contributed by atoms with Gasteiger partial charge in [-0.25, -0.2) is 28.1 Å². The molecule has 4 aromatic rings. The van der Waals surface area contributed by atoms with Crippen molar-refractivity contribution < 1.29 is 13.2 Å². The number of rotatable bonds is 4. The molecule has 0 aromatic carbocycles. The van der Waals surface area contributed by atoms with Gasteiger partial charge in [-0.3, -0.25) is 4.98 Å². The molecular weight excluding hydrogens is 357 g/mol. The normalized spacial score (nSPS) is 11.3. The van der Waals surface area contributed by atoms with E-state index < -0.39 is 12.2 Å².